The zero-order valence-corrected chi connectivity index (χ0v) is 12.0. The lowest BCUT2D eigenvalue weighted by Crippen LogP contribution is -2.38. The third-order valence-electron chi connectivity index (χ3n) is 3.79. The van der Waals surface area contributed by atoms with Crippen molar-refractivity contribution in [2.45, 2.75) is 31.9 Å². The van der Waals surface area contributed by atoms with Crippen molar-refractivity contribution < 1.29 is 8.42 Å². The minimum atomic E-state index is -3.13. The number of sulfonamides is 1. The van der Waals surface area contributed by atoms with Crippen LogP contribution in [0.3, 0.4) is 0 Å². The van der Waals surface area contributed by atoms with Gasteiger partial charge in [0.25, 0.3) is 0 Å². The molecule has 0 aliphatic carbocycles. The predicted octanol–water partition coefficient (Wildman–Crippen LogP) is 1.98. The average molecular weight is 270 g/mol. The molecular formula is C13H22N2O2S. The number of hydrogen-bond acceptors (Lipinski definition) is 2. The first-order chi connectivity index (χ1) is 8.51. The number of nitrogens with zero attached hydrogens (tertiary/aromatic N) is 2. The van der Waals surface area contributed by atoms with Crippen molar-refractivity contribution >= 4 is 10.0 Å². The number of aromatic nitrogens is 1. The van der Waals surface area contributed by atoms with Gasteiger partial charge in [-0.15, -0.1) is 0 Å². The fourth-order valence-corrected chi connectivity index (χ4v) is 4.09. The molecule has 0 radical (unpaired) electrons. The highest BCUT2D eigenvalue weighted by atomic mass is 32.2. The van der Waals surface area contributed by atoms with Gasteiger partial charge in [0.2, 0.25) is 10.0 Å². The summed E-state index contributed by atoms with van der Waals surface area (Å²) in [7, 11) is -1.23. The van der Waals surface area contributed by atoms with Crippen LogP contribution < -0.4 is 0 Å². The molecule has 0 aromatic carbocycles. The van der Waals surface area contributed by atoms with Crippen molar-refractivity contribution in [3.05, 3.63) is 24.0 Å². The average Bonchev–Trinajstić information content (AvgIpc) is 2.74. The van der Waals surface area contributed by atoms with E-state index in [-0.39, 0.29) is 5.75 Å². The molecule has 0 N–H and O–H groups in total. The molecule has 5 heteroatoms. The lowest BCUT2D eigenvalue weighted by Gasteiger charge is -2.30. The van der Waals surface area contributed by atoms with Crippen LogP contribution in [-0.4, -0.2) is 30.4 Å². The molecule has 1 aromatic heterocycles. The highest BCUT2D eigenvalue weighted by Gasteiger charge is 2.27. The van der Waals surface area contributed by atoms with E-state index in [4.69, 9.17) is 0 Å². The lowest BCUT2D eigenvalue weighted by molar-refractivity contribution is 0.269. The summed E-state index contributed by atoms with van der Waals surface area (Å²) in [5.74, 6) is 0.832. The zero-order chi connectivity index (χ0) is 13.2. The van der Waals surface area contributed by atoms with Crippen molar-refractivity contribution in [3.8, 4) is 0 Å². The van der Waals surface area contributed by atoms with Crippen LogP contribution >= 0.6 is 0 Å². The quantitative estimate of drug-likeness (QED) is 0.839. The van der Waals surface area contributed by atoms with Gasteiger partial charge < -0.3 is 4.57 Å². The van der Waals surface area contributed by atoms with Crippen molar-refractivity contribution in [3.63, 3.8) is 0 Å². The van der Waals surface area contributed by atoms with Crippen LogP contribution in [-0.2, 0) is 22.8 Å². The molecule has 1 saturated heterocycles. The molecular weight excluding hydrogens is 248 g/mol. The fraction of sp³-hybridized carbons (Fsp3) is 0.692. The molecule has 0 bridgehead atoms. The van der Waals surface area contributed by atoms with E-state index in [9.17, 15) is 8.42 Å². The van der Waals surface area contributed by atoms with Crippen LogP contribution in [0.25, 0.3) is 0 Å². The smallest absolute Gasteiger partial charge is 0.218 e. The van der Waals surface area contributed by atoms with Crippen LogP contribution in [0.1, 0.15) is 31.7 Å². The Kier molecular flexibility index (Phi) is 4.12. The second-order valence-corrected chi connectivity index (χ2v) is 7.16. The molecule has 0 amide bonds. The zero-order valence-electron chi connectivity index (χ0n) is 11.2. The molecule has 4 nitrogen and oxygen atoms in total. The third-order valence-corrected chi connectivity index (χ3v) is 5.64. The van der Waals surface area contributed by atoms with E-state index in [0.717, 1.165) is 24.8 Å². The molecule has 102 valence electrons. The van der Waals surface area contributed by atoms with Crippen LogP contribution in [0.5, 0.6) is 0 Å². The summed E-state index contributed by atoms with van der Waals surface area (Å²) in [5, 5.41) is 0. The van der Waals surface area contributed by atoms with Crippen LogP contribution in [0.4, 0.5) is 0 Å². The highest BCUT2D eigenvalue weighted by molar-refractivity contribution is 7.88. The van der Waals surface area contributed by atoms with Crippen LogP contribution in [0, 0.1) is 5.92 Å². The molecule has 2 rings (SSSR count). The van der Waals surface area contributed by atoms with Gasteiger partial charge in [0, 0.05) is 32.5 Å². The summed E-state index contributed by atoms with van der Waals surface area (Å²) in [5.41, 5.74) is 0.870. The van der Waals surface area contributed by atoms with Crippen molar-refractivity contribution in [1.82, 2.24) is 8.87 Å². The first-order valence-corrected chi connectivity index (χ1v) is 8.21. The molecule has 0 unspecified atom stereocenters. The van der Waals surface area contributed by atoms with Gasteiger partial charge in [-0.3, -0.25) is 0 Å². The maximum Gasteiger partial charge on any atom is 0.218 e. The molecule has 0 atom stereocenters. The summed E-state index contributed by atoms with van der Waals surface area (Å²) >= 11 is 0. The van der Waals surface area contributed by atoms with E-state index in [1.54, 1.807) is 4.31 Å². The minimum absolute atomic E-state index is 0.130. The number of aryl methyl sites for hydroxylation is 1. The first-order valence-electron chi connectivity index (χ1n) is 6.60. The van der Waals surface area contributed by atoms with Gasteiger partial charge in [-0.1, -0.05) is 13.3 Å². The van der Waals surface area contributed by atoms with E-state index in [1.807, 2.05) is 30.1 Å². The molecule has 1 fully saturated rings. The lowest BCUT2D eigenvalue weighted by atomic mass is 9.96. The van der Waals surface area contributed by atoms with E-state index in [0.29, 0.717) is 19.0 Å². The summed E-state index contributed by atoms with van der Waals surface area (Å²) in [6, 6.07) is 1.87. The Morgan fingerprint density at radius 3 is 2.50 bits per heavy atom. The van der Waals surface area contributed by atoms with Gasteiger partial charge in [0.05, 0.1) is 5.75 Å². The second-order valence-electron chi connectivity index (χ2n) is 5.19. The minimum Gasteiger partial charge on any atom is -0.357 e. The van der Waals surface area contributed by atoms with Gasteiger partial charge >= 0.3 is 0 Å². The molecule has 2 heterocycles. The Balaban J connectivity index is 1.99. The molecule has 1 aliphatic heterocycles. The van der Waals surface area contributed by atoms with Gasteiger partial charge in [0.1, 0.15) is 0 Å². The Morgan fingerprint density at radius 2 is 2.00 bits per heavy atom. The SMILES string of the molecule is CCC1CCN(S(=O)(=O)Cc2ccn(C)c2)CC1. The van der Waals surface area contributed by atoms with Gasteiger partial charge in [0.15, 0.2) is 0 Å². The van der Waals surface area contributed by atoms with E-state index >= 15 is 0 Å². The molecule has 0 spiro atoms. The van der Waals surface area contributed by atoms with Gasteiger partial charge in [-0.05, 0) is 30.4 Å². The largest absolute Gasteiger partial charge is 0.357 e. The highest BCUT2D eigenvalue weighted by Crippen LogP contribution is 2.23. The first kappa shape index (κ1) is 13.6. The Bertz CT molecular complexity index is 485. The van der Waals surface area contributed by atoms with E-state index in [2.05, 4.69) is 6.92 Å². The molecule has 18 heavy (non-hydrogen) atoms. The van der Waals surface area contributed by atoms with Gasteiger partial charge in [-0.25, -0.2) is 12.7 Å². The van der Waals surface area contributed by atoms with Crippen molar-refractivity contribution in [1.29, 1.82) is 0 Å². The Labute approximate surface area is 110 Å². The van der Waals surface area contributed by atoms with Crippen molar-refractivity contribution in [2.24, 2.45) is 13.0 Å². The van der Waals surface area contributed by atoms with E-state index < -0.39 is 10.0 Å². The summed E-state index contributed by atoms with van der Waals surface area (Å²) in [4.78, 5) is 0. The summed E-state index contributed by atoms with van der Waals surface area (Å²) < 4.78 is 28.1. The molecule has 0 saturated carbocycles. The fourth-order valence-electron chi connectivity index (χ4n) is 2.54. The van der Waals surface area contributed by atoms with Crippen molar-refractivity contribution in [2.75, 3.05) is 13.1 Å². The summed E-state index contributed by atoms with van der Waals surface area (Å²) in [6.45, 7) is 3.56. The number of rotatable bonds is 4. The molecule has 1 aliphatic rings. The predicted molar refractivity (Wildman–Crippen MR) is 72.6 cm³/mol. The number of hydrogen-bond donors (Lipinski definition) is 0. The number of piperidine rings is 1. The normalized spacial score (nSPS) is 19.2. The third kappa shape index (κ3) is 3.14. The van der Waals surface area contributed by atoms with Gasteiger partial charge in [-0.2, -0.15) is 0 Å². The summed E-state index contributed by atoms with van der Waals surface area (Å²) in [6.07, 6.45) is 6.92. The second kappa shape index (κ2) is 5.45. The maximum atomic E-state index is 12.3. The maximum absolute atomic E-state index is 12.3. The Hall–Kier alpha value is -0.810. The molecule has 1 aromatic rings. The van der Waals surface area contributed by atoms with E-state index in [1.165, 1.54) is 0 Å². The van der Waals surface area contributed by atoms with Crippen LogP contribution in [0.15, 0.2) is 18.5 Å². The van der Waals surface area contributed by atoms with Crippen LogP contribution in [0.2, 0.25) is 0 Å². The monoisotopic (exact) mass is 270 g/mol. The standard InChI is InChI=1S/C13H22N2O2S/c1-3-12-5-8-15(9-6-12)18(16,17)11-13-4-7-14(2)10-13/h4,7,10,12H,3,5-6,8-9,11H2,1-2H3. The Morgan fingerprint density at radius 1 is 1.33 bits per heavy atom. The topological polar surface area (TPSA) is 42.3 Å².